The number of hydrogen-bond donors (Lipinski definition) is 2. The van der Waals surface area contributed by atoms with Crippen molar-refractivity contribution in [2.24, 2.45) is 0 Å². The molecule has 3 rings (SSSR count). The first-order chi connectivity index (χ1) is 12.2. The van der Waals surface area contributed by atoms with E-state index in [4.69, 9.17) is 0 Å². The van der Waals surface area contributed by atoms with Crippen LogP contribution in [0.15, 0.2) is 24.5 Å². The molecule has 0 bridgehead atoms. The van der Waals surface area contributed by atoms with Crippen LogP contribution in [0, 0.1) is 0 Å². The maximum Gasteiger partial charge on any atom is 0.251 e. The maximum atomic E-state index is 12.4. The predicted octanol–water partition coefficient (Wildman–Crippen LogP) is 1.21. The number of aromatic nitrogens is 1. The smallest absolute Gasteiger partial charge is 0.251 e. The van der Waals surface area contributed by atoms with Gasteiger partial charge in [-0.1, -0.05) is 13.8 Å². The lowest BCUT2D eigenvalue weighted by atomic mass is 9.85. The van der Waals surface area contributed by atoms with E-state index in [0.717, 1.165) is 58.7 Å². The van der Waals surface area contributed by atoms with Crippen LogP contribution >= 0.6 is 0 Å². The molecule has 0 aromatic carbocycles. The van der Waals surface area contributed by atoms with Crippen molar-refractivity contribution in [3.8, 4) is 0 Å². The average molecular weight is 348 g/mol. The number of rotatable bonds is 4. The second kappa shape index (κ2) is 9.85. The van der Waals surface area contributed by atoms with E-state index in [0.29, 0.717) is 5.56 Å². The van der Waals surface area contributed by atoms with Gasteiger partial charge in [-0.15, -0.1) is 0 Å². The highest BCUT2D eigenvalue weighted by Gasteiger charge is 2.39. The Balaban J connectivity index is 0.00000109. The minimum Gasteiger partial charge on any atom is -0.350 e. The first-order valence-corrected chi connectivity index (χ1v) is 9.52. The van der Waals surface area contributed by atoms with Gasteiger partial charge in [0, 0.05) is 56.2 Å². The Morgan fingerprint density at radius 1 is 1.16 bits per heavy atom. The van der Waals surface area contributed by atoms with Crippen molar-refractivity contribution in [1.82, 2.24) is 25.4 Å². The Hall–Kier alpha value is -1.50. The van der Waals surface area contributed by atoms with Crippen molar-refractivity contribution in [2.45, 2.75) is 32.2 Å². The summed E-state index contributed by atoms with van der Waals surface area (Å²) < 4.78 is 0. The number of piperazine rings is 1. The summed E-state index contributed by atoms with van der Waals surface area (Å²) in [7, 11) is 2.18. The molecule has 1 amide bonds. The van der Waals surface area contributed by atoms with E-state index in [1.165, 1.54) is 0 Å². The van der Waals surface area contributed by atoms with Gasteiger partial charge in [0.15, 0.2) is 0 Å². The Kier molecular flexibility index (Phi) is 7.81. The van der Waals surface area contributed by atoms with Crippen LogP contribution < -0.4 is 10.6 Å². The number of hydrogen-bond acceptors (Lipinski definition) is 5. The molecule has 6 heteroatoms. The molecule has 2 aliphatic rings. The zero-order chi connectivity index (χ0) is 18.1. The van der Waals surface area contributed by atoms with Crippen molar-refractivity contribution >= 4 is 5.91 Å². The molecule has 0 radical (unpaired) electrons. The molecule has 0 aliphatic carbocycles. The molecule has 2 N–H and O–H groups in total. The minimum absolute atomic E-state index is 0.000523. The average Bonchev–Trinajstić information content (AvgIpc) is 2.69. The SMILES string of the molecule is CC.CN1CCN(C2(CNC(=O)c3ccncc3)CCNCC2)CC1. The van der Waals surface area contributed by atoms with Gasteiger partial charge in [-0.2, -0.15) is 0 Å². The van der Waals surface area contributed by atoms with Crippen LogP contribution in [0.25, 0.3) is 0 Å². The highest BCUT2D eigenvalue weighted by molar-refractivity contribution is 5.94. The van der Waals surface area contributed by atoms with Gasteiger partial charge in [0.2, 0.25) is 0 Å². The lowest BCUT2D eigenvalue weighted by molar-refractivity contribution is 0.0182. The third-order valence-corrected chi connectivity index (χ3v) is 5.23. The number of carbonyl (C=O) groups excluding carboxylic acids is 1. The normalized spacial score (nSPS) is 21.1. The number of pyridine rings is 1. The van der Waals surface area contributed by atoms with E-state index < -0.39 is 0 Å². The molecule has 2 saturated heterocycles. The lowest BCUT2D eigenvalue weighted by Crippen LogP contribution is -2.63. The van der Waals surface area contributed by atoms with Gasteiger partial charge in [0.1, 0.15) is 0 Å². The summed E-state index contributed by atoms with van der Waals surface area (Å²) in [5.41, 5.74) is 0.775. The van der Waals surface area contributed by atoms with Crippen LogP contribution in [0.5, 0.6) is 0 Å². The molecule has 6 nitrogen and oxygen atoms in total. The van der Waals surface area contributed by atoms with Crippen molar-refractivity contribution < 1.29 is 4.79 Å². The molecule has 1 aromatic heterocycles. The maximum absolute atomic E-state index is 12.4. The third kappa shape index (κ3) is 5.23. The quantitative estimate of drug-likeness (QED) is 0.857. The van der Waals surface area contributed by atoms with Crippen LogP contribution in [-0.4, -0.2) is 79.1 Å². The minimum atomic E-state index is -0.000523. The largest absolute Gasteiger partial charge is 0.350 e. The van der Waals surface area contributed by atoms with E-state index in [1.807, 2.05) is 13.8 Å². The zero-order valence-corrected chi connectivity index (χ0v) is 15.9. The van der Waals surface area contributed by atoms with Crippen LogP contribution in [0.4, 0.5) is 0 Å². The van der Waals surface area contributed by atoms with Gasteiger partial charge in [-0.25, -0.2) is 0 Å². The van der Waals surface area contributed by atoms with Crippen LogP contribution in [0.1, 0.15) is 37.0 Å². The molecular weight excluding hydrogens is 314 g/mol. The van der Waals surface area contributed by atoms with Crippen LogP contribution in [0.2, 0.25) is 0 Å². The summed E-state index contributed by atoms with van der Waals surface area (Å²) in [6, 6.07) is 3.53. The van der Waals surface area contributed by atoms with Gasteiger partial charge in [0.05, 0.1) is 0 Å². The molecule has 0 atom stereocenters. The van der Waals surface area contributed by atoms with Crippen LogP contribution in [0.3, 0.4) is 0 Å². The molecule has 0 saturated carbocycles. The van der Waals surface area contributed by atoms with Gasteiger partial charge in [-0.05, 0) is 45.1 Å². The first-order valence-electron chi connectivity index (χ1n) is 9.52. The summed E-state index contributed by atoms with van der Waals surface area (Å²) in [4.78, 5) is 21.3. The molecule has 0 unspecified atom stereocenters. The fourth-order valence-electron chi connectivity index (χ4n) is 3.63. The Morgan fingerprint density at radius 3 is 2.36 bits per heavy atom. The molecule has 1 aromatic rings. The number of nitrogens with one attached hydrogen (secondary N) is 2. The molecule has 3 heterocycles. The Bertz CT molecular complexity index is 508. The van der Waals surface area contributed by atoms with Gasteiger partial charge >= 0.3 is 0 Å². The van der Waals surface area contributed by atoms with E-state index in [1.54, 1.807) is 24.5 Å². The van der Waals surface area contributed by atoms with Crippen molar-refractivity contribution in [1.29, 1.82) is 0 Å². The predicted molar refractivity (Wildman–Crippen MR) is 102 cm³/mol. The Labute approximate surface area is 152 Å². The number of carbonyl (C=O) groups is 1. The zero-order valence-electron chi connectivity index (χ0n) is 15.9. The topological polar surface area (TPSA) is 60.5 Å². The lowest BCUT2D eigenvalue weighted by Gasteiger charge is -2.49. The van der Waals surface area contributed by atoms with Crippen LogP contribution in [-0.2, 0) is 0 Å². The molecule has 2 aliphatic heterocycles. The summed E-state index contributed by atoms with van der Waals surface area (Å²) in [5.74, 6) is -0.000523. The summed E-state index contributed by atoms with van der Waals surface area (Å²) >= 11 is 0. The summed E-state index contributed by atoms with van der Waals surface area (Å²) in [6.07, 6.45) is 5.51. The molecule has 2 fully saturated rings. The second-order valence-corrected chi connectivity index (χ2v) is 6.68. The van der Waals surface area contributed by atoms with Gasteiger partial charge in [-0.3, -0.25) is 14.7 Å². The summed E-state index contributed by atoms with van der Waals surface area (Å²) in [5, 5.41) is 6.62. The van der Waals surface area contributed by atoms with E-state index in [9.17, 15) is 4.79 Å². The van der Waals surface area contributed by atoms with Gasteiger partial charge in [0.25, 0.3) is 5.91 Å². The third-order valence-electron chi connectivity index (χ3n) is 5.23. The van der Waals surface area contributed by atoms with E-state index in [2.05, 4.69) is 32.5 Å². The number of nitrogens with zero attached hydrogens (tertiary/aromatic N) is 3. The van der Waals surface area contributed by atoms with Gasteiger partial charge < -0.3 is 15.5 Å². The number of likely N-dealkylation sites (N-methyl/N-ethyl adjacent to an activating group) is 1. The molecule has 0 spiro atoms. The number of piperidine rings is 1. The monoisotopic (exact) mass is 347 g/mol. The second-order valence-electron chi connectivity index (χ2n) is 6.68. The highest BCUT2D eigenvalue weighted by atomic mass is 16.1. The molecular formula is C19H33N5O. The van der Waals surface area contributed by atoms with Crippen molar-refractivity contribution in [3.63, 3.8) is 0 Å². The van der Waals surface area contributed by atoms with E-state index in [-0.39, 0.29) is 11.4 Å². The summed E-state index contributed by atoms with van der Waals surface area (Å²) in [6.45, 7) is 11.2. The highest BCUT2D eigenvalue weighted by Crippen LogP contribution is 2.27. The van der Waals surface area contributed by atoms with Crippen molar-refractivity contribution in [2.75, 3.05) is 52.9 Å². The Morgan fingerprint density at radius 2 is 1.76 bits per heavy atom. The standard InChI is InChI=1S/C17H27N5O.C2H6/c1-21-10-12-22(13-11-21)17(4-8-19-9-5-17)14-20-16(23)15-2-6-18-7-3-15;1-2/h2-3,6-7,19H,4-5,8-14H2,1H3,(H,20,23);1-2H3. The first kappa shape index (κ1) is 19.8. The van der Waals surface area contributed by atoms with Crippen molar-refractivity contribution in [3.05, 3.63) is 30.1 Å². The fraction of sp³-hybridized carbons (Fsp3) is 0.684. The molecule has 25 heavy (non-hydrogen) atoms. The number of amides is 1. The van der Waals surface area contributed by atoms with E-state index >= 15 is 0 Å². The fourth-order valence-corrected chi connectivity index (χ4v) is 3.63. The molecule has 140 valence electrons.